The van der Waals surface area contributed by atoms with Crippen molar-refractivity contribution in [3.8, 4) is 5.75 Å². The fourth-order valence-electron chi connectivity index (χ4n) is 1.95. The molecule has 0 fully saturated rings. The van der Waals surface area contributed by atoms with Crippen LogP contribution in [0.15, 0.2) is 48.5 Å². The number of hydrogen-bond donors (Lipinski definition) is 1. The van der Waals surface area contributed by atoms with Crippen LogP contribution >= 0.6 is 0 Å². The summed E-state index contributed by atoms with van der Waals surface area (Å²) in [5, 5.41) is 0. The summed E-state index contributed by atoms with van der Waals surface area (Å²) in [7, 11) is 3.17. The van der Waals surface area contributed by atoms with Crippen LogP contribution in [0.1, 0.15) is 17.4 Å². The molecule has 0 aliphatic carbocycles. The second-order valence-electron chi connectivity index (χ2n) is 4.37. The van der Waals surface area contributed by atoms with E-state index in [1.807, 2.05) is 42.5 Å². The lowest BCUT2D eigenvalue weighted by Crippen LogP contribution is -2.05. The average molecular weight is 273 g/mol. The third kappa shape index (κ3) is 3.50. The maximum absolute atomic E-state index is 6.00. The van der Waals surface area contributed by atoms with Gasteiger partial charge in [-0.1, -0.05) is 36.4 Å². The van der Waals surface area contributed by atoms with Crippen LogP contribution in [0.5, 0.6) is 5.75 Å². The van der Waals surface area contributed by atoms with Gasteiger partial charge in [-0.3, -0.25) is 0 Å². The standard InChI is InChI=1S/C16H19NO3/c1-18-16(19-2)13-8-9-15(14(17)10-13)20-11-12-6-4-3-5-7-12/h3-10,16H,11,17H2,1-2H3. The first-order valence-electron chi connectivity index (χ1n) is 6.36. The SMILES string of the molecule is COC(OC)c1ccc(OCc2ccccc2)c(N)c1. The summed E-state index contributed by atoms with van der Waals surface area (Å²) in [4.78, 5) is 0. The first-order valence-corrected chi connectivity index (χ1v) is 6.36. The predicted octanol–water partition coefficient (Wildman–Crippen LogP) is 3.14. The Hall–Kier alpha value is -2.04. The van der Waals surface area contributed by atoms with Crippen LogP contribution in [-0.2, 0) is 16.1 Å². The quantitative estimate of drug-likeness (QED) is 0.649. The number of ether oxygens (including phenoxy) is 3. The molecule has 2 N–H and O–H groups in total. The number of nitrogens with two attached hydrogens (primary N) is 1. The summed E-state index contributed by atoms with van der Waals surface area (Å²) in [5.41, 5.74) is 8.52. The number of hydrogen-bond acceptors (Lipinski definition) is 4. The Labute approximate surface area is 119 Å². The van der Waals surface area contributed by atoms with E-state index in [0.29, 0.717) is 18.0 Å². The molecule has 0 unspecified atom stereocenters. The zero-order chi connectivity index (χ0) is 14.4. The minimum Gasteiger partial charge on any atom is -0.487 e. The highest BCUT2D eigenvalue weighted by atomic mass is 16.7. The van der Waals surface area contributed by atoms with E-state index in [-0.39, 0.29) is 0 Å². The van der Waals surface area contributed by atoms with Crippen LogP contribution in [0.25, 0.3) is 0 Å². The lowest BCUT2D eigenvalue weighted by Gasteiger charge is -2.16. The molecular formula is C16H19NO3. The van der Waals surface area contributed by atoms with E-state index >= 15 is 0 Å². The molecule has 0 aliphatic rings. The van der Waals surface area contributed by atoms with Crippen molar-refractivity contribution in [3.05, 3.63) is 59.7 Å². The topological polar surface area (TPSA) is 53.7 Å². The van der Waals surface area contributed by atoms with Crippen LogP contribution in [0.3, 0.4) is 0 Å². The van der Waals surface area contributed by atoms with Crippen molar-refractivity contribution >= 4 is 5.69 Å². The molecule has 0 aliphatic heterocycles. The summed E-state index contributed by atoms with van der Waals surface area (Å²) in [6, 6.07) is 15.5. The minimum absolute atomic E-state index is 0.416. The molecule has 4 heteroatoms. The van der Waals surface area contributed by atoms with E-state index in [4.69, 9.17) is 19.9 Å². The Bertz CT molecular complexity index is 539. The number of methoxy groups -OCH3 is 2. The normalized spacial score (nSPS) is 10.8. The van der Waals surface area contributed by atoms with Crippen molar-refractivity contribution < 1.29 is 14.2 Å². The Kier molecular flexibility index (Phi) is 4.98. The van der Waals surface area contributed by atoms with Crippen LogP contribution in [-0.4, -0.2) is 14.2 Å². The molecule has 0 amide bonds. The van der Waals surface area contributed by atoms with Gasteiger partial charge in [-0.25, -0.2) is 0 Å². The summed E-state index contributed by atoms with van der Waals surface area (Å²) in [5.74, 6) is 0.656. The maximum atomic E-state index is 6.00. The van der Waals surface area contributed by atoms with Crippen molar-refractivity contribution in [2.75, 3.05) is 20.0 Å². The number of anilines is 1. The maximum Gasteiger partial charge on any atom is 0.183 e. The van der Waals surface area contributed by atoms with Crippen molar-refractivity contribution in [2.45, 2.75) is 12.9 Å². The molecule has 106 valence electrons. The molecule has 20 heavy (non-hydrogen) atoms. The Morgan fingerprint density at radius 2 is 1.70 bits per heavy atom. The van der Waals surface area contributed by atoms with Gasteiger partial charge >= 0.3 is 0 Å². The van der Waals surface area contributed by atoms with Gasteiger partial charge in [0.2, 0.25) is 0 Å². The van der Waals surface area contributed by atoms with Crippen molar-refractivity contribution in [1.29, 1.82) is 0 Å². The molecule has 0 aromatic heterocycles. The van der Waals surface area contributed by atoms with Gasteiger partial charge in [-0.2, -0.15) is 0 Å². The molecule has 2 aromatic rings. The highest BCUT2D eigenvalue weighted by Crippen LogP contribution is 2.27. The molecule has 0 spiro atoms. The second kappa shape index (κ2) is 6.93. The number of nitrogen functional groups attached to an aromatic ring is 1. The number of rotatable bonds is 6. The van der Waals surface area contributed by atoms with Gasteiger partial charge in [0, 0.05) is 19.8 Å². The van der Waals surface area contributed by atoms with E-state index in [9.17, 15) is 0 Å². The zero-order valence-corrected chi connectivity index (χ0v) is 11.7. The van der Waals surface area contributed by atoms with Gasteiger partial charge in [0.15, 0.2) is 6.29 Å². The predicted molar refractivity (Wildman–Crippen MR) is 78.4 cm³/mol. The van der Waals surface area contributed by atoms with E-state index < -0.39 is 6.29 Å². The average Bonchev–Trinajstić information content (AvgIpc) is 2.49. The molecule has 0 saturated heterocycles. The summed E-state index contributed by atoms with van der Waals surface area (Å²) >= 11 is 0. The monoisotopic (exact) mass is 273 g/mol. The molecule has 2 rings (SSSR count). The van der Waals surface area contributed by atoms with Gasteiger partial charge < -0.3 is 19.9 Å². The van der Waals surface area contributed by atoms with Crippen molar-refractivity contribution in [3.63, 3.8) is 0 Å². The molecule has 0 atom stereocenters. The van der Waals surface area contributed by atoms with E-state index in [2.05, 4.69) is 0 Å². The summed E-state index contributed by atoms with van der Waals surface area (Å²) in [6.07, 6.45) is -0.416. The molecule has 0 radical (unpaired) electrons. The van der Waals surface area contributed by atoms with Gasteiger partial charge in [-0.15, -0.1) is 0 Å². The summed E-state index contributed by atoms with van der Waals surface area (Å²) < 4.78 is 16.1. The third-order valence-electron chi connectivity index (χ3n) is 2.97. The molecular weight excluding hydrogens is 254 g/mol. The smallest absolute Gasteiger partial charge is 0.183 e. The molecule has 0 bridgehead atoms. The highest BCUT2D eigenvalue weighted by Gasteiger charge is 2.11. The van der Waals surface area contributed by atoms with E-state index in [1.165, 1.54) is 0 Å². The molecule has 0 saturated carbocycles. The highest BCUT2D eigenvalue weighted by molar-refractivity contribution is 5.54. The first kappa shape index (κ1) is 14.4. The zero-order valence-electron chi connectivity index (χ0n) is 11.7. The van der Waals surface area contributed by atoms with Crippen molar-refractivity contribution in [2.24, 2.45) is 0 Å². The van der Waals surface area contributed by atoms with Crippen molar-refractivity contribution in [1.82, 2.24) is 0 Å². The van der Waals surface area contributed by atoms with Gasteiger partial charge in [0.1, 0.15) is 12.4 Å². The lowest BCUT2D eigenvalue weighted by molar-refractivity contribution is -0.106. The number of benzene rings is 2. The van der Waals surface area contributed by atoms with Gasteiger partial charge in [0.25, 0.3) is 0 Å². The van der Waals surface area contributed by atoms with Gasteiger partial charge in [-0.05, 0) is 17.7 Å². The van der Waals surface area contributed by atoms with Crippen LogP contribution in [0, 0.1) is 0 Å². The van der Waals surface area contributed by atoms with Crippen LogP contribution in [0.4, 0.5) is 5.69 Å². The third-order valence-corrected chi connectivity index (χ3v) is 2.97. The Balaban J connectivity index is 2.06. The fraction of sp³-hybridized carbons (Fsp3) is 0.250. The van der Waals surface area contributed by atoms with Crippen LogP contribution < -0.4 is 10.5 Å². The van der Waals surface area contributed by atoms with E-state index in [0.717, 1.165) is 11.1 Å². The molecule has 4 nitrogen and oxygen atoms in total. The Morgan fingerprint density at radius 3 is 2.30 bits per heavy atom. The molecule has 2 aromatic carbocycles. The fourth-order valence-corrected chi connectivity index (χ4v) is 1.95. The lowest BCUT2D eigenvalue weighted by atomic mass is 10.2. The minimum atomic E-state index is -0.416. The van der Waals surface area contributed by atoms with E-state index in [1.54, 1.807) is 20.3 Å². The largest absolute Gasteiger partial charge is 0.487 e. The van der Waals surface area contributed by atoms with Gasteiger partial charge in [0.05, 0.1) is 5.69 Å². The second-order valence-corrected chi connectivity index (χ2v) is 4.37. The Morgan fingerprint density at radius 1 is 1.00 bits per heavy atom. The summed E-state index contributed by atoms with van der Waals surface area (Å²) in [6.45, 7) is 0.488. The molecule has 0 heterocycles. The van der Waals surface area contributed by atoms with Crippen LogP contribution in [0.2, 0.25) is 0 Å². The first-order chi connectivity index (χ1) is 9.74.